The number of hydrogen-bond donors (Lipinski definition) is 6. The van der Waals surface area contributed by atoms with E-state index in [-0.39, 0.29) is 52.2 Å². The maximum Gasteiger partial charge on any atom is 0.335 e. The molecule has 3 aliphatic rings. The zero-order valence-corrected chi connectivity index (χ0v) is 48.2. The second kappa shape index (κ2) is 23.0. The topological polar surface area (TPSA) is 274 Å². The van der Waals surface area contributed by atoms with Crippen LogP contribution in [-0.2, 0) is 26.9 Å². The summed E-state index contributed by atoms with van der Waals surface area (Å²) in [6, 6.07) is 0. The van der Waals surface area contributed by atoms with Gasteiger partial charge in [-0.25, -0.2) is 29.0 Å². The first-order valence-corrected chi connectivity index (χ1v) is 31.9. The molecule has 4 aromatic rings. The van der Waals surface area contributed by atoms with Crippen molar-refractivity contribution in [3.8, 4) is 0 Å². The molecule has 8 N–H and O–H groups in total. The van der Waals surface area contributed by atoms with E-state index in [4.69, 9.17) is 66.1 Å². The van der Waals surface area contributed by atoms with Crippen molar-refractivity contribution in [2.24, 2.45) is 11.8 Å². The molecule has 0 radical (unpaired) electrons. The van der Waals surface area contributed by atoms with E-state index in [0.717, 1.165) is 0 Å². The van der Waals surface area contributed by atoms with Crippen molar-refractivity contribution < 1.29 is 47.3 Å². The van der Waals surface area contributed by atoms with E-state index < -0.39 is 78.6 Å². The van der Waals surface area contributed by atoms with E-state index in [1.54, 1.807) is 10.7 Å². The molecule has 0 unspecified atom stereocenters. The molecule has 0 aromatic carbocycles. The highest BCUT2D eigenvalue weighted by atomic mass is 35.6. The van der Waals surface area contributed by atoms with Crippen LogP contribution in [0, 0.1) is 11.8 Å². The van der Waals surface area contributed by atoms with Crippen molar-refractivity contribution in [2.75, 3.05) is 24.7 Å². The van der Waals surface area contributed by atoms with Crippen LogP contribution in [-0.4, -0.2) is 139 Å². The zero-order chi connectivity index (χ0) is 52.6. The number of fused-ring (bicyclic) bond motifs is 3. The normalized spacial score (nSPS) is 26.1. The molecular formula is C45H80Cl2N10O10Si3. The Morgan fingerprint density at radius 3 is 1.53 bits per heavy atom. The van der Waals surface area contributed by atoms with Crippen LogP contribution in [0.15, 0.2) is 25.0 Å². The van der Waals surface area contributed by atoms with E-state index in [2.05, 4.69) is 141 Å². The number of halogens is 2. The SMILES string of the molecule is CC(C)C(Cl)(O[Si](Cl)(C(C)C)C(C)C)C(C)C.CC(C)[Si]1(C(C)C)OC[C@H]2O[C@@H](c3cnc4c(N)ncnn34)[C@H](O)[C@@H]2O[Si](C(C)C)(C(C)C)O1.Nc1ncnn2c([C@@H]3O[C@H](CO)[C@@H](O)[C@H]3O)cnc12. The summed E-state index contributed by atoms with van der Waals surface area (Å²) in [6.07, 6.45) is -0.983. The van der Waals surface area contributed by atoms with E-state index >= 15 is 0 Å². The fourth-order valence-corrected chi connectivity index (χ4v) is 24.5. The van der Waals surface area contributed by atoms with Gasteiger partial charge in [-0.15, -0.1) is 11.1 Å². The summed E-state index contributed by atoms with van der Waals surface area (Å²) in [5.74, 6) is 0.955. The summed E-state index contributed by atoms with van der Waals surface area (Å²) in [6.45, 7) is 34.2. The lowest BCUT2D eigenvalue weighted by molar-refractivity contribution is -0.0399. The number of anilines is 2. The Hall–Kier alpha value is -2.47. The summed E-state index contributed by atoms with van der Waals surface area (Å²) < 4.78 is 42.1. The number of aliphatic hydroxyl groups excluding tert-OH is 4. The third-order valence-corrected chi connectivity index (χ3v) is 31.9. The van der Waals surface area contributed by atoms with Gasteiger partial charge in [0.15, 0.2) is 22.9 Å². The number of nitrogens with zero attached hydrogens (tertiary/aromatic N) is 8. The largest absolute Gasteiger partial charge is 0.414 e. The molecule has 396 valence electrons. The van der Waals surface area contributed by atoms with Crippen LogP contribution >= 0.6 is 22.7 Å². The number of nitrogen functional groups attached to an aromatic ring is 2. The number of imidazole rings is 2. The van der Waals surface area contributed by atoms with Crippen LogP contribution in [0.25, 0.3) is 11.3 Å². The number of rotatable bonds is 13. The Kier molecular flexibility index (Phi) is 19.2. The van der Waals surface area contributed by atoms with Gasteiger partial charge in [-0.05, 0) is 45.1 Å². The molecule has 7 heterocycles. The fourth-order valence-electron chi connectivity index (χ4n) is 9.68. The molecule has 3 fully saturated rings. The molecular weight excluding hydrogens is 996 g/mol. The molecule has 0 saturated carbocycles. The van der Waals surface area contributed by atoms with Crippen LogP contribution in [0.1, 0.15) is 134 Å². The molecule has 7 rings (SSSR count). The standard InChI is InChI=1S/C22H39N5O5Si2.C13H28Cl2OSi.C10H13N5O4/c1-12(2)33(13(3)4)29-10-17-20(31-34(32-33,14(5)6)15(7)8)18(28)19(30-17)16-9-24-22-21(23)25-11-26-27(16)22;1-9(2)13(14,10(3)4)16-17(15,11(5)6)12(7)8;11-9-10-12-1-4(15(10)14-3-13-9)8-7(18)6(17)5(2-16)19-8/h9,11-15,17-20,28H,10H2,1-8H3,(H2,23,25,26);9-12H,1-8H3;1,3,5-8,16-18H,2H2,(H2,11,13,14)/t17-,18+,19+,20-;;5-,6-,7-,8+/m1.1/s1. The number of hydrogen-bond acceptors (Lipinski definition) is 18. The van der Waals surface area contributed by atoms with Crippen molar-refractivity contribution in [3.63, 3.8) is 0 Å². The van der Waals surface area contributed by atoms with Gasteiger partial charge in [0.2, 0.25) is 0 Å². The van der Waals surface area contributed by atoms with Gasteiger partial charge in [0, 0.05) is 0 Å². The average Bonchev–Trinajstić information content (AvgIpc) is 4.05. The van der Waals surface area contributed by atoms with Gasteiger partial charge in [0.25, 0.3) is 7.63 Å². The maximum atomic E-state index is 11.5. The third kappa shape index (κ3) is 11.1. The van der Waals surface area contributed by atoms with Crippen molar-refractivity contribution >= 4 is 70.4 Å². The zero-order valence-electron chi connectivity index (χ0n) is 43.7. The monoisotopic (exact) mass is 1070 g/mol. The minimum atomic E-state index is -2.86. The molecule has 0 spiro atoms. The van der Waals surface area contributed by atoms with E-state index in [9.17, 15) is 15.3 Å². The number of nitrogens with two attached hydrogens (primary N) is 2. The lowest BCUT2D eigenvalue weighted by atomic mass is 9.96. The van der Waals surface area contributed by atoms with Gasteiger partial charge in [0.1, 0.15) is 66.5 Å². The number of ether oxygens (including phenoxy) is 2. The minimum Gasteiger partial charge on any atom is -0.414 e. The quantitative estimate of drug-likeness (QED) is 0.0443. The molecule has 0 amide bonds. The van der Waals surface area contributed by atoms with Gasteiger partial charge in [-0.2, -0.15) is 10.2 Å². The average molecular weight is 1080 g/mol. The highest BCUT2D eigenvalue weighted by molar-refractivity contribution is 7.18. The van der Waals surface area contributed by atoms with Crippen molar-refractivity contribution in [3.05, 3.63) is 36.4 Å². The number of aromatic nitrogens is 8. The van der Waals surface area contributed by atoms with Crippen LogP contribution in [0.4, 0.5) is 11.6 Å². The first-order valence-electron chi connectivity index (χ1n) is 24.5. The van der Waals surface area contributed by atoms with Gasteiger partial charge in [-0.1, -0.05) is 122 Å². The van der Waals surface area contributed by atoms with Crippen LogP contribution < -0.4 is 11.5 Å². The Labute approximate surface area is 425 Å². The Balaban J connectivity index is 0.000000215. The molecule has 25 heteroatoms. The highest BCUT2D eigenvalue weighted by Crippen LogP contribution is 2.50. The first kappa shape index (κ1) is 58.4. The minimum absolute atomic E-state index is 0.161. The molecule has 70 heavy (non-hydrogen) atoms. The van der Waals surface area contributed by atoms with Crippen LogP contribution in [0.2, 0.25) is 33.2 Å². The van der Waals surface area contributed by atoms with E-state index in [0.29, 0.717) is 40.4 Å². The summed E-state index contributed by atoms with van der Waals surface area (Å²) in [4.78, 5) is 16.2. The Bertz CT molecular complexity index is 2270. The van der Waals surface area contributed by atoms with E-state index in [1.165, 1.54) is 23.4 Å². The maximum absolute atomic E-state index is 11.5. The van der Waals surface area contributed by atoms with Gasteiger partial charge in [0.05, 0.1) is 37.0 Å². The van der Waals surface area contributed by atoms with Gasteiger partial charge >= 0.3 is 17.1 Å². The fraction of sp³-hybridized carbons (Fsp3) is 0.778. The summed E-state index contributed by atoms with van der Waals surface area (Å²) in [7, 11) is -7.86. The predicted molar refractivity (Wildman–Crippen MR) is 276 cm³/mol. The predicted octanol–water partition coefficient (Wildman–Crippen LogP) is 7.08. The third-order valence-electron chi connectivity index (χ3n) is 14.0. The molecule has 0 bridgehead atoms. The van der Waals surface area contributed by atoms with Gasteiger partial charge in [-0.3, -0.25) is 0 Å². The number of alkyl halides is 1. The summed E-state index contributed by atoms with van der Waals surface area (Å²) in [5, 5.41) is 47.9. The number of aliphatic hydroxyl groups is 4. The van der Waals surface area contributed by atoms with Gasteiger partial charge < -0.3 is 58.8 Å². The molecule has 8 atom stereocenters. The van der Waals surface area contributed by atoms with Crippen molar-refractivity contribution in [1.82, 2.24) is 39.2 Å². The van der Waals surface area contributed by atoms with Crippen LogP contribution in [0.5, 0.6) is 0 Å². The molecule has 3 saturated heterocycles. The van der Waals surface area contributed by atoms with Crippen molar-refractivity contribution in [1.29, 1.82) is 0 Å². The highest BCUT2D eigenvalue weighted by Gasteiger charge is 2.62. The summed E-state index contributed by atoms with van der Waals surface area (Å²) in [5.41, 5.74) is 14.9. The Morgan fingerprint density at radius 2 is 1.14 bits per heavy atom. The molecule has 0 aliphatic carbocycles. The van der Waals surface area contributed by atoms with Crippen LogP contribution in [0.3, 0.4) is 0 Å². The van der Waals surface area contributed by atoms with Crippen molar-refractivity contribution in [2.45, 2.75) is 198 Å². The first-order chi connectivity index (χ1) is 32.6. The lowest BCUT2D eigenvalue weighted by Crippen LogP contribution is -2.65. The Morgan fingerprint density at radius 1 is 0.700 bits per heavy atom. The lowest BCUT2D eigenvalue weighted by Gasteiger charge is -2.51. The van der Waals surface area contributed by atoms with E-state index in [1.807, 2.05) is 0 Å². The molecule has 3 aliphatic heterocycles. The summed E-state index contributed by atoms with van der Waals surface area (Å²) >= 11 is 13.5. The molecule has 20 nitrogen and oxygen atoms in total. The molecule has 4 aromatic heterocycles. The second-order valence-electron chi connectivity index (χ2n) is 21.1. The second-order valence-corrected chi connectivity index (χ2v) is 36.3. The smallest absolute Gasteiger partial charge is 0.335 e.